The summed E-state index contributed by atoms with van der Waals surface area (Å²) in [4.78, 5) is 8.42. The summed E-state index contributed by atoms with van der Waals surface area (Å²) in [6.07, 6.45) is 6.38. The van der Waals surface area contributed by atoms with Gasteiger partial charge in [-0.25, -0.2) is 0 Å². The van der Waals surface area contributed by atoms with Crippen LogP contribution in [0.4, 0.5) is 0 Å². The van der Waals surface area contributed by atoms with Gasteiger partial charge in [0.25, 0.3) is 0 Å². The van der Waals surface area contributed by atoms with Gasteiger partial charge in [0.2, 0.25) is 0 Å². The number of hydrogen-bond acceptors (Lipinski definition) is 4. The fourth-order valence-corrected chi connectivity index (χ4v) is 1.13. The van der Waals surface area contributed by atoms with Crippen LogP contribution >= 0.6 is 0 Å². The third-order valence-corrected chi connectivity index (χ3v) is 1.92. The Morgan fingerprint density at radius 1 is 1.00 bits per heavy atom. The molecule has 0 aliphatic rings. The molecule has 4 heteroatoms. The molecule has 82 valence electrons. The van der Waals surface area contributed by atoms with Crippen LogP contribution in [0.1, 0.15) is 18.4 Å². The maximum atomic E-state index is 5.11. The topological polar surface area (TPSA) is 51.0 Å². The number of hydrogen-bond donors (Lipinski definition) is 0. The largest absolute Gasteiger partial charge is 0.463 e. The third-order valence-electron chi connectivity index (χ3n) is 1.92. The van der Waals surface area contributed by atoms with Crippen LogP contribution < -0.4 is 0 Å². The SMILES string of the molecule is CC(N=Cc1ccco1)N=Cc1ccco1. The molecule has 0 fully saturated rings. The van der Waals surface area contributed by atoms with Gasteiger partial charge in [-0.1, -0.05) is 0 Å². The molecule has 0 saturated heterocycles. The predicted octanol–water partition coefficient (Wildman–Crippen LogP) is 2.76. The minimum atomic E-state index is -0.157. The monoisotopic (exact) mass is 216 g/mol. The molecular formula is C12H12N2O2. The Labute approximate surface area is 93.3 Å². The van der Waals surface area contributed by atoms with E-state index in [4.69, 9.17) is 8.83 Å². The van der Waals surface area contributed by atoms with Crippen molar-refractivity contribution in [2.75, 3.05) is 0 Å². The second-order valence-electron chi connectivity index (χ2n) is 3.22. The third kappa shape index (κ3) is 2.95. The summed E-state index contributed by atoms with van der Waals surface area (Å²) in [6, 6.07) is 7.31. The van der Waals surface area contributed by atoms with Crippen molar-refractivity contribution in [2.45, 2.75) is 13.1 Å². The van der Waals surface area contributed by atoms with Gasteiger partial charge in [0, 0.05) is 0 Å². The van der Waals surface area contributed by atoms with Gasteiger partial charge in [-0.3, -0.25) is 9.98 Å². The highest BCUT2D eigenvalue weighted by Crippen LogP contribution is 2.00. The second-order valence-corrected chi connectivity index (χ2v) is 3.22. The summed E-state index contributed by atoms with van der Waals surface area (Å²) in [5.41, 5.74) is 0. The molecule has 0 atom stereocenters. The van der Waals surface area contributed by atoms with E-state index in [2.05, 4.69) is 9.98 Å². The minimum absolute atomic E-state index is 0.157. The zero-order valence-electron chi connectivity index (χ0n) is 8.91. The number of aliphatic imine (C=N–C) groups is 2. The van der Waals surface area contributed by atoms with E-state index < -0.39 is 0 Å². The summed E-state index contributed by atoms with van der Waals surface area (Å²) in [5.74, 6) is 1.44. The molecule has 2 rings (SSSR count). The zero-order chi connectivity index (χ0) is 11.2. The van der Waals surface area contributed by atoms with E-state index in [1.165, 1.54) is 0 Å². The van der Waals surface area contributed by atoms with Gasteiger partial charge in [-0.05, 0) is 31.2 Å². The van der Waals surface area contributed by atoms with E-state index in [-0.39, 0.29) is 6.17 Å². The van der Waals surface area contributed by atoms with Crippen LogP contribution in [0.25, 0.3) is 0 Å². The molecule has 4 nitrogen and oxygen atoms in total. The summed E-state index contributed by atoms with van der Waals surface area (Å²) in [6.45, 7) is 1.89. The molecule has 0 spiro atoms. The van der Waals surface area contributed by atoms with Crippen LogP contribution in [0.5, 0.6) is 0 Å². The van der Waals surface area contributed by atoms with Crippen LogP contribution in [0.2, 0.25) is 0 Å². The number of rotatable bonds is 4. The molecule has 2 heterocycles. The molecule has 0 amide bonds. The standard InChI is InChI=1S/C12H12N2O2/c1-10(13-8-11-4-2-6-15-11)14-9-12-5-3-7-16-12/h2-10H,1H3. The second kappa shape index (κ2) is 5.11. The van der Waals surface area contributed by atoms with E-state index in [0.717, 1.165) is 11.5 Å². The maximum Gasteiger partial charge on any atom is 0.144 e. The lowest BCUT2D eigenvalue weighted by atomic mass is 10.4. The lowest BCUT2D eigenvalue weighted by molar-refractivity contribution is 0.558. The van der Waals surface area contributed by atoms with E-state index in [0.29, 0.717) is 0 Å². The van der Waals surface area contributed by atoms with Crippen molar-refractivity contribution in [2.24, 2.45) is 9.98 Å². The van der Waals surface area contributed by atoms with Gasteiger partial charge in [0.15, 0.2) is 0 Å². The Morgan fingerprint density at radius 2 is 1.50 bits per heavy atom. The summed E-state index contributed by atoms with van der Waals surface area (Å²) in [7, 11) is 0. The average molecular weight is 216 g/mol. The Kier molecular flexibility index (Phi) is 3.33. The summed E-state index contributed by atoms with van der Waals surface area (Å²) >= 11 is 0. The first-order chi connectivity index (χ1) is 7.84. The summed E-state index contributed by atoms with van der Waals surface area (Å²) < 4.78 is 10.2. The molecule has 0 aliphatic carbocycles. The molecule has 2 aromatic rings. The number of furan rings is 2. The molecule has 0 bridgehead atoms. The maximum absolute atomic E-state index is 5.11. The van der Waals surface area contributed by atoms with E-state index in [1.807, 2.05) is 31.2 Å². The van der Waals surface area contributed by atoms with Gasteiger partial charge in [-0.2, -0.15) is 0 Å². The van der Waals surface area contributed by atoms with Gasteiger partial charge in [-0.15, -0.1) is 0 Å². The van der Waals surface area contributed by atoms with Crippen molar-refractivity contribution >= 4 is 12.4 Å². The first-order valence-electron chi connectivity index (χ1n) is 4.98. The minimum Gasteiger partial charge on any atom is -0.463 e. The predicted molar refractivity (Wildman–Crippen MR) is 62.1 cm³/mol. The molecule has 0 aromatic carbocycles. The van der Waals surface area contributed by atoms with Crippen molar-refractivity contribution in [1.82, 2.24) is 0 Å². The lowest BCUT2D eigenvalue weighted by Gasteiger charge is -1.96. The van der Waals surface area contributed by atoms with Crippen molar-refractivity contribution in [3.8, 4) is 0 Å². The highest BCUT2D eigenvalue weighted by Gasteiger charge is 1.94. The van der Waals surface area contributed by atoms with Crippen LogP contribution in [0, 0.1) is 0 Å². The Hall–Kier alpha value is -2.10. The van der Waals surface area contributed by atoms with Crippen LogP contribution in [0.3, 0.4) is 0 Å². The molecule has 0 radical (unpaired) electrons. The Bertz CT molecular complexity index is 411. The molecule has 0 N–H and O–H groups in total. The molecular weight excluding hydrogens is 204 g/mol. The zero-order valence-corrected chi connectivity index (χ0v) is 8.91. The quantitative estimate of drug-likeness (QED) is 0.738. The van der Waals surface area contributed by atoms with Crippen molar-refractivity contribution in [1.29, 1.82) is 0 Å². The van der Waals surface area contributed by atoms with Gasteiger partial charge in [0.1, 0.15) is 17.7 Å². The van der Waals surface area contributed by atoms with Crippen molar-refractivity contribution in [3.63, 3.8) is 0 Å². The van der Waals surface area contributed by atoms with Crippen LogP contribution in [-0.4, -0.2) is 18.6 Å². The molecule has 0 saturated carbocycles. The lowest BCUT2D eigenvalue weighted by Crippen LogP contribution is -1.94. The van der Waals surface area contributed by atoms with E-state index in [1.54, 1.807) is 25.0 Å². The number of nitrogens with zero attached hydrogens (tertiary/aromatic N) is 2. The first kappa shape index (κ1) is 10.4. The fraction of sp³-hybridized carbons (Fsp3) is 0.167. The molecule has 16 heavy (non-hydrogen) atoms. The van der Waals surface area contributed by atoms with Gasteiger partial charge in [0.05, 0.1) is 25.0 Å². The van der Waals surface area contributed by atoms with Crippen LogP contribution in [-0.2, 0) is 0 Å². The first-order valence-corrected chi connectivity index (χ1v) is 4.98. The average Bonchev–Trinajstić information content (AvgIpc) is 2.96. The van der Waals surface area contributed by atoms with Gasteiger partial charge < -0.3 is 8.83 Å². The van der Waals surface area contributed by atoms with Gasteiger partial charge >= 0.3 is 0 Å². The highest BCUT2D eigenvalue weighted by molar-refractivity contribution is 5.77. The molecule has 0 unspecified atom stereocenters. The molecule has 0 aliphatic heterocycles. The Balaban J connectivity index is 1.91. The van der Waals surface area contributed by atoms with Crippen molar-refractivity contribution in [3.05, 3.63) is 48.3 Å². The highest BCUT2D eigenvalue weighted by atomic mass is 16.3. The Morgan fingerprint density at radius 3 is 1.88 bits per heavy atom. The summed E-state index contributed by atoms with van der Waals surface area (Å²) in [5, 5.41) is 0. The van der Waals surface area contributed by atoms with E-state index in [9.17, 15) is 0 Å². The van der Waals surface area contributed by atoms with Crippen LogP contribution in [0.15, 0.2) is 55.6 Å². The molecule has 2 aromatic heterocycles. The van der Waals surface area contributed by atoms with E-state index >= 15 is 0 Å². The smallest absolute Gasteiger partial charge is 0.144 e. The van der Waals surface area contributed by atoms with Crippen molar-refractivity contribution < 1.29 is 8.83 Å². The fourth-order valence-electron chi connectivity index (χ4n) is 1.13. The normalized spacial score (nSPS) is 13.8.